The number of benzene rings is 1. The molecule has 2 unspecified atom stereocenters. The van der Waals surface area contributed by atoms with Crippen LogP contribution in [0.15, 0.2) is 18.2 Å². The first-order valence-corrected chi connectivity index (χ1v) is 7.40. The Balaban J connectivity index is 1.86. The van der Waals surface area contributed by atoms with E-state index < -0.39 is 5.82 Å². The molecule has 2 fully saturated rings. The molecule has 1 aromatic rings. The summed E-state index contributed by atoms with van der Waals surface area (Å²) in [5.41, 5.74) is -0.0210. The molecule has 4 nitrogen and oxygen atoms in total. The van der Waals surface area contributed by atoms with E-state index in [0.717, 1.165) is 37.8 Å². The van der Waals surface area contributed by atoms with E-state index in [4.69, 9.17) is 0 Å². The zero-order valence-electron chi connectivity index (χ0n) is 11.7. The van der Waals surface area contributed by atoms with Crippen LogP contribution in [0.25, 0.3) is 0 Å². The number of hydrogen-bond acceptors (Lipinski definition) is 3. The fourth-order valence-corrected chi connectivity index (χ4v) is 3.55. The van der Waals surface area contributed by atoms with E-state index in [1.165, 1.54) is 6.07 Å². The number of carbonyl (C=O) groups excluding carboxylic acids is 2. The zero-order valence-corrected chi connectivity index (χ0v) is 11.7. The van der Waals surface area contributed by atoms with Gasteiger partial charge in [0, 0.05) is 24.9 Å². The van der Waals surface area contributed by atoms with Gasteiger partial charge in [0.15, 0.2) is 0 Å². The Bertz CT molecular complexity index is 587. The van der Waals surface area contributed by atoms with Gasteiger partial charge in [0.2, 0.25) is 0 Å². The van der Waals surface area contributed by atoms with Crippen molar-refractivity contribution < 1.29 is 19.1 Å². The summed E-state index contributed by atoms with van der Waals surface area (Å²) in [5.74, 6) is -1.02. The number of aromatic hydroxyl groups is 1. The number of Topliss-reactive ketones (excluding diaryl/α,β-unsaturated/α-hetero) is 1. The van der Waals surface area contributed by atoms with Crippen LogP contribution in [0.1, 0.15) is 42.5 Å². The number of ketones is 1. The first kappa shape index (κ1) is 14.0. The molecule has 1 aliphatic heterocycles. The second-order valence-electron chi connectivity index (χ2n) is 5.83. The van der Waals surface area contributed by atoms with Crippen molar-refractivity contribution in [3.05, 3.63) is 29.6 Å². The average Bonchev–Trinajstić information content (AvgIpc) is 3.08. The van der Waals surface area contributed by atoms with Gasteiger partial charge >= 0.3 is 0 Å². The molecular weight excluding hydrogens is 273 g/mol. The molecule has 1 N–H and O–H groups in total. The number of likely N-dealkylation sites (tertiary alicyclic amines) is 1. The van der Waals surface area contributed by atoms with Crippen LogP contribution in [-0.2, 0) is 4.79 Å². The van der Waals surface area contributed by atoms with Crippen molar-refractivity contribution in [2.75, 3.05) is 6.54 Å². The van der Waals surface area contributed by atoms with Crippen molar-refractivity contribution in [1.29, 1.82) is 0 Å². The summed E-state index contributed by atoms with van der Waals surface area (Å²) in [4.78, 5) is 26.2. The molecule has 1 aromatic carbocycles. The van der Waals surface area contributed by atoms with Crippen molar-refractivity contribution in [3.8, 4) is 5.75 Å². The summed E-state index contributed by atoms with van der Waals surface area (Å²) in [7, 11) is 0. The summed E-state index contributed by atoms with van der Waals surface area (Å²) >= 11 is 0. The Kier molecular flexibility index (Phi) is 3.66. The Labute approximate surface area is 122 Å². The largest absolute Gasteiger partial charge is 0.507 e. The molecule has 0 bridgehead atoms. The molecular formula is C16H18FNO3. The van der Waals surface area contributed by atoms with Crippen molar-refractivity contribution in [2.24, 2.45) is 5.92 Å². The van der Waals surface area contributed by atoms with E-state index >= 15 is 0 Å². The predicted octanol–water partition coefficient (Wildman–Crippen LogP) is 2.51. The number of amides is 1. The normalized spacial score (nSPS) is 25.6. The maximum atomic E-state index is 13.3. The molecule has 1 saturated carbocycles. The van der Waals surface area contributed by atoms with E-state index in [1.54, 1.807) is 4.90 Å². The third kappa shape index (κ3) is 2.52. The highest BCUT2D eigenvalue weighted by atomic mass is 19.1. The quantitative estimate of drug-likeness (QED) is 0.911. The number of phenols is 1. The Hall–Kier alpha value is -1.91. The second kappa shape index (κ2) is 5.47. The third-order valence-corrected chi connectivity index (χ3v) is 4.57. The Morgan fingerprint density at radius 1 is 1.29 bits per heavy atom. The third-order valence-electron chi connectivity index (χ3n) is 4.57. The highest BCUT2D eigenvalue weighted by molar-refractivity contribution is 5.97. The highest BCUT2D eigenvalue weighted by Gasteiger charge is 2.40. The summed E-state index contributed by atoms with van der Waals surface area (Å²) in [6.45, 7) is 0.559. The van der Waals surface area contributed by atoms with Gasteiger partial charge in [-0.05, 0) is 43.9 Å². The molecule has 0 spiro atoms. The number of rotatable bonds is 2. The Morgan fingerprint density at radius 3 is 2.81 bits per heavy atom. The molecule has 3 rings (SSSR count). The maximum Gasteiger partial charge on any atom is 0.257 e. The molecule has 1 aliphatic carbocycles. The van der Waals surface area contributed by atoms with Crippen LogP contribution in [0.2, 0.25) is 0 Å². The van der Waals surface area contributed by atoms with E-state index in [9.17, 15) is 19.1 Å². The lowest BCUT2D eigenvalue weighted by molar-refractivity contribution is -0.121. The van der Waals surface area contributed by atoms with Gasteiger partial charge in [-0.1, -0.05) is 0 Å². The number of carbonyl (C=O) groups is 2. The van der Waals surface area contributed by atoms with Gasteiger partial charge in [-0.15, -0.1) is 0 Å². The minimum absolute atomic E-state index is 0.0210. The molecule has 0 radical (unpaired) electrons. The van der Waals surface area contributed by atoms with Crippen LogP contribution < -0.4 is 0 Å². The molecule has 0 aromatic heterocycles. The van der Waals surface area contributed by atoms with E-state index in [2.05, 4.69) is 0 Å². The lowest BCUT2D eigenvalue weighted by Gasteiger charge is -2.29. The summed E-state index contributed by atoms with van der Waals surface area (Å²) < 4.78 is 13.3. The van der Waals surface area contributed by atoms with Crippen LogP contribution in [-0.4, -0.2) is 34.3 Å². The van der Waals surface area contributed by atoms with Crippen LogP contribution in [0, 0.1) is 11.7 Å². The first-order chi connectivity index (χ1) is 10.1. The molecule has 2 aliphatic rings. The van der Waals surface area contributed by atoms with Gasteiger partial charge < -0.3 is 10.0 Å². The summed E-state index contributed by atoms with van der Waals surface area (Å²) in [5, 5.41) is 9.79. The molecule has 1 amide bonds. The fraction of sp³-hybridized carbons (Fsp3) is 0.500. The topological polar surface area (TPSA) is 57.6 Å². The minimum atomic E-state index is -0.552. The minimum Gasteiger partial charge on any atom is -0.507 e. The Morgan fingerprint density at radius 2 is 2.10 bits per heavy atom. The predicted molar refractivity (Wildman–Crippen MR) is 74.5 cm³/mol. The number of halogens is 1. The van der Waals surface area contributed by atoms with Crippen molar-refractivity contribution in [1.82, 2.24) is 4.90 Å². The van der Waals surface area contributed by atoms with Gasteiger partial charge in [-0.3, -0.25) is 9.59 Å². The van der Waals surface area contributed by atoms with Gasteiger partial charge in [-0.25, -0.2) is 4.39 Å². The van der Waals surface area contributed by atoms with E-state index in [1.807, 2.05) is 0 Å². The number of phenolic OH excluding ortho intramolecular Hbond substituents is 1. The van der Waals surface area contributed by atoms with Gasteiger partial charge in [0.05, 0.1) is 5.56 Å². The van der Waals surface area contributed by atoms with Crippen molar-refractivity contribution in [2.45, 2.75) is 38.1 Å². The smallest absolute Gasteiger partial charge is 0.257 e. The van der Waals surface area contributed by atoms with E-state index in [-0.39, 0.29) is 35.0 Å². The maximum absolute atomic E-state index is 13.3. The number of hydrogen-bond donors (Lipinski definition) is 1. The average molecular weight is 291 g/mol. The molecule has 1 heterocycles. The van der Waals surface area contributed by atoms with Crippen LogP contribution >= 0.6 is 0 Å². The molecule has 2 atom stereocenters. The van der Waals surface area contributed by atoms with Gasteiger partial charge in [0.1, 0.15) is 17.3 Å². The SMILES string of the molecule is O=C1CCCC1C1CCCN1C(=O)c1cc(F)ccc1O. The number of nitrogens with zero attached hydrogens (tertiary/aromatic N) is 1. The molecule has 1 saturated heterocycles. The second-order valence-corrected chi connectivity index (χ2v) is 5.83. The van der Waals surface area contributed by atoms with E-state index in [0.29, 0.717) is 13.0 Å². The summed E-state index contributed by atoms with van der Waals surface area (Å²) in [6, 6.07) is 3.27. The van der Waals surface area contributed by atoms with Crippen molar-refractivity contribution in [3.63, 3.8) is 0 Å². The molecule has 5 heteroatoms. The van der Waals surface area contributed by atoms with Crippen molar-refractivity contribution >= 4 is 11.7 Å². The van der Waals surface area contributed by atoms with Gasteiger partial charge in [0.25, 0.3) is 5.91 Å². The van der Waals surface area contributed by atoms with Crippen LogP contribution in [0.3, 0.4) is 0 Å². The zero-order chi connectivity index (χ0) is 15.0. The monoisotopic (exact) mass is 291 g/mol. The fourth-order valence-electron chi connectivity index (χ4n) is 3.55. The summed E-state index contributed by atoms with van der Waals surface area (Å²) in [6.07, 6.45) is 3.94. The first-order valence-electron chi connectivity index (χ1n) is 7.40. The molecule has 21 heavy (non-hydrogen) atoms. The molecule has 112 valence electrons. The lowest BCUT2D eigenvalue weighted by atomic mass is 9.94. The van der Waals surface area contributed by atoms with Crippen LogP contribution in [0.5, 0.6) is 5.75 Å². The van der Waals surface area contributed by atoms with Gasteiger partial charge in [-0.2, -0.15) is 0 Å². The standard InChI is InChI=1S/C16H18FNO3/c17-10-6-7-15(20)12(9-10)16(21)18-8-2-4-13(18)11-3-1-5-14(11)19/h6-7,9,11,13,20H,1-5,8H2. The van der Waals surface area contributed by atoms with Crippen LogP contribution in [0.4, 0.5) is 4.39 Å². The highest BCUT2D eigenvalue weighted by Crippen LogP contribution is 2.35. The lowest BCUT2D eigenvalue weighted by Crippen LogP contribution is -2.41.